The molecule has 0 rings (SSSR count). The number of unbranched alkanes of at least 4 members (excludes halogenated alkanes) is 17. The molecule has 0 aromatic rings. The van der Waals surface area contributed by atoms with E-state index in [0.29, 0.717) is 19.3 Å². The van der Waals surface area contributed by atoms with Gasteiger partial charge in [-0.05, 0) is 103 Å². The predicted molar refractivity (Wildman–Crippen MR) is 279 cm³/mol. The zero-order valence-electron chi connectivity index (χ0n) is 42.0. The van der Waals surface area contributed by atoms with Gasteiger partial charge in [0, 0.05) is 19.3 Å². The van der Waals surface area contributed by atoms with E-state index in [1.54, 1.807) is 0 Å². The zero-order chi connectivity index (χ0) is 47.2. The van der Waals surface area contributed by atoms with E-state index < -0.39 is 6.10 Å². The van der Waals surface area contributed by atoms with E-state index in [9.17, 15) is 14.4 Å². The van der Waals surface area contributed by atoms with Crippen LogP contribution in [0.15, 0.2) is 109 Å². The second-order valence-corrected chi connectivity index (χ2v) is 17.1. The Morgan fingerprint density at radius 2 is 0.631 bits per heavy atom. The molecular formula is C59H96O6. The van der Waals surface area contributed by atoms with Gasteiger partial charge in [0.15, 0.2) is 6.10 Å². The van der Waals surface area contributed by atoms with Crippen LogP contribution in [0, 0.1) is 0 Å². The van der Waals surface area contributed by atoms with Gasteiger partial charge >= 0.3 is 17.9 Å². The molecule has 368 valence electrons. The van der Waals surface area contributed by atoms with Crippen LogP contribution in [-0.4, -0.2) is 37.2 Å². The summed E-state index contributed by atoms with van der Waals surface area (Å²) in [5.74, 6) is -0.936. The highest BCUT2D eigenvalue weighted by Crippen LogP contribution is 2.13. The van der Waals surface area contributed by atoms with E-state index in [2.05, 4.69) is 130 Å². The molecule has 0 aliphatic heterocycles. The summed E-state index contributed by atoms with van der Waals surface area (Å²) >= 11 is 0. The molecule has 6 heteroatoms. The van der Waals surface area contributed by atoms with E-state index >= 15 is 0 Å². The van der Waals surface area contributed by atoms with Gasteiger partial charge in [-0.3, -0.25) is 14.4 Å². The van der Waals surface area contributed by atoms with Crippen LogP contribution in [0.4, 0.5) is 0 Å². The lowest BCUT2D eigenvalue weighted by Gasteiger charge is -2.18. The molecule has 0 aliphatic carbocycles. The largest absolute Gasteiger partial charge is 0.462 e. The Bertz CT molecular complexity index is 1360. The van der Waals surface area contributed by atoms with Crippen molar-refractivity contribution in [2.24, 2.45) is 0 Å². The molecule has 65 heavy (non-hydrogen) atoms. The molecule has 0 saturated heterocycles. The van der Waals surface area contributed by atoms with Crippen LogP contribution in [0.2, 0.25) is 0 Å². The van der Waals surface area contributed by atoms with Crippen molar-refractivity contribution < 1.29 is 28.6 Å². The number of rotatable bonds is 46. The summed E-state index contributed by atoms with van der Waals surface area (Å²) in [4.78, 5) is 37.6. The van der Waals surface area contributed by atoms with Crippen LogP contribution >= 0.6 is 0 Å². The number of hydrogen-bond donors (Lipinski definition) is 0. The highest BCUT2D eigenvalue weighted by atomic mass is 16.6. The lowest BCUT2D eigenvalue weighted by atomic mass is 10.1. The highest BCUT2D eigenvalue weighted by molar-refractivity contribution is 5.71. The zero-order valence-corrected chi connectivity index (χ0v) is 42.0. The van der Waals surface area contributed by atoms with Crippen LogP contribution in [-0.2, 0) is 28.6 Å². The van der Waals surface area contributed by atoms with Crippen LogP contribution in [0.5, 0.6) is 0 Å². The molecule has 0 fully saturated rings. The fraction of sp³-hybridized carbons (Fsp3) is 0.644. The number of hydrogen-bond acceptors (Lipinski definition) is 6. The van der Waals surface area contributed by atoms with Gasteiger partial charge in [0.05, 0.1) is 0 Å². The topological polar surface area (TPSA) is 78.9 Å². The van der Waals surface area contributed by atoms with Gasteiger partial charge in [-0.25, -0.2) is 0 Å². The molecule has 0 aliphatic rings. The van der Waals surface area contributed by atoms with Crippen LogP contribution < -0.4 is 0 Å². The number of esters is 3. The van der Waals surface area contributed by atoms with Gasteiger partial charge in [0.25, 0.3) is 0 Å². The minimum Gasteiger partial charge on any atom is -0.462 e. The minimum atomic E-state index is -0.786. The quantitative estimate of drug-likeness (QED) is 0.0262. The summed E-state index contributed by atoms with van der Waals surface area (Å²) < 4.78 is 16.6. The summed E-state index contributed by atoms with van der Waals surface area (Å²) in [6.45, 7) is 6.33. The molecule has 0 heterocycles. The average molecular weight is 901 g/mol. The lowest BCUT2D eigenvalue weighted by Crippen LogP contribution is -2.30. The molecule has 0 spiro atoms. The van der Waals surface area contributed by atoms with E-state index in [1.165, 1.54) is 38.5 Å². The second kappa shape index (κ2) is 52.7. The third kappa shape index (κ3) is 50.9. The maximum atomic E-state index is 12.7. The van der Waals surface area contributed by atoms with Crippen molar-refractivity contribution in [2.75, 3.05) is 13.2 Å². The number of allylic oxidation sites excluding steroid dienone is 18. The first-order valence-electron chi connectivity index (χ1n) is 26.4. The molecular weight excluding hydrogens is 805 g/mol. The summed E-state index contributed by atoms with van der Waals surface area (Å²) in [7, 11) is 0. The van der Waals surface area contributed by atoms with Crippen LogP contribution in [0.3, 0.4) is 0 Å². The van der Waals surface area contributed by atoms with Crippen molar-refractivity contribution in [2.45, 2.75) is 232 Å². The van der Waals surface area contributed by atoms with E-state index in [4.69, 9.17) is 14.2 Å². The smallest absolute Gasteiger partial charge is 0.306 e. The van der Waals surface area contributed by atoms with Crippen molar-refractivity contribution in [1.29, 1.82) is 0 Å². The Kier molecular flexibility index (Phi) is 49.5. The summed E-state index contributed by atoms with van der Waals surface area (Å²) in [6.07, 6.45) is 71.2. The molecule has 0 saturated carbocycles. The molecule has 0 bridgehead atoms. The normalized spacial score (nSPS) is 13.0. The van der Waals surface area contributed by atoms with Gasteiger partial charge in [0.2, 0.25) is 0 Å². The second-order valence-electron chi connectivity index (χ2n) is 17.1. The predicted octanol–water partition coefficient (Wildman–Crippen LogP) is 17.5. The number of carbonyl (C=O) groups excluding carboxylic acids is 3. The number of carbonyl (C=O) groups is 3. The fourth-order valence-electron chi connectivity index (χ4n) is 6.81. The van der Waals surface area contributed by atoms with Gasteiger partial charge in [-0.15, -0.1) is 0 Å². The first-order valence-corrected chi connectivity index (χ1v) is 26.4. The monoisotopic (exact) mass is 901 g/mol. The standard InChI is InChI=1S/C59H96O6/c1-4-7-10-13-15-17-19-21-22-23-24-25-26-27-28-29-30-31-32-33-34-35-36-38-39-41-43-46-49-52-58(61)64-55-56(54-63-57(60)51-48-45-12-9-6-3)65-59(62)53-50-47-44-42-40-37-20-18-16-14-11-8-5-2/h7,10-11,14-15,17-18,20-22,24-25,27-28,30-31,33-34,56H,4-6,8-9,12-13,16,19,23,26,29,32,35-55H2,1-3H3/b10-7-,14-11-,17-15-,20-18-,22-21-,25-24-,28-27-,31-30-,34-33-. The first kappa shape index (κ1) is 61.1. The van der Waals surface area contributed by atoms with Crippen molar-refractivity contribution >= 4 is 17.9 Å². The first-order chi connectivity index (χ1) is 32.0. The maximum Gasteiger partial charge on any atom is 0.306 e. The molecule has 6 nitrogen and oxygen atoms in total. The van der Waals surface area contributed by atoms with Gasteiger partial charge in [0.1, 0.15) is 13.2 Å². The van der Waals surface area contributed by atoms with E-state index in [0.717, 1.165) is 148 Å². The molecule has 0 aromatic heterocycles. The Morgan fingerprint density at radius 3 is 1.00 bits per heavy atom. The van der Waals surface area contributed by atoms with Gasteiger partial charge in [-0.1, -0.05) is 214 Å². The lowest BCUT2D eigenvalue weighted by molar-refractivity contribution is -0.167. The van der Waals surface area contributed by atoms with E-state index in [-0.39, 0.29) is 31.1 Å². The molecule has 0 radical (unpaired) electrons. The Labute approximate surface area is 400 Å². The summed E-state index contributed by atoms with van der Waals surface area (Å²) in [6, 6.07) is 0. The van der Waals surface area contributed by atoms with Crippen LogP contribution in [0.1, 0.15) is 226 Å². The molecule has 1 unspecified atom stereocenters. The molecule has 1 atom stereocenters. The number of ether oxygens (including phenoxy) is 3. The Morgan fingerprint density at radius 1 is 0.323 bits per heavy atom. The van der Waals surface area contributed by atoms with Crippen molar-refractivity contribution in [3.63, 3.8) is 0 Å². The summed E-state index contributed by atoms with van der Waals surface area (Å²) in [5, 5.41) is 0. The van der Waals surface area contributed by atoms with Crippen molar-refractivity contribution in [1.82, 2.24) is 0 Å². The van der Waals surface area contributed by atoms with E-state index in [1.807, 2.05) is 0 Å². The molecule has 0 amide bonds. The fourth-order valence-corrected chi connectivity index (χ4v) is 6.81. The molecule has 0 N–H and O–H groups in total. The Balaban J connectivity index is 4.13. The third-order valence-electron chi connectivity index (χ3n) is 10.7. The van der Waals surface area contributed by atoms with Gasteiger partial charge < -0.3 is 14.2 Å². The highest BCUT2D eigenvalue weighted by Gasteiger charge is 2.19. The van der Waals surface area contributed by atoms with Crippen molar-refractivity contribution in [3.8, 4) is 0 Å². The SMILES string of the molecule is CC/C=C\C/C=C\C/C=C\C/C=C\C/C=C\C/C=C\C/C=C\CCCCCCCCCC(=O)OCC(COC(=O)CCCCCCC)OC(=O)CCCCCCC/C=C\C/C=C\CCC. The van der Waals surface area contributed by atoms with Gasteiger partial charge in [-0.2, -0.15) is 0 Å². The summed E-state index contributed by atoms with van der Waals surface area (Å²) in [5.41, 5.74) is 0. The molecule has 0 aromatic carbocycles. The van der Waals surface area contributed by atoms with Crippen LogP contribution in [0.25, 0.3) is 0 Å². The third-order valence-corrected chi connectivity index (χ3v) is 10.7. The maximum absolute atomic E-state index is 12.7. The Hall–Kier alpha value is -3.93. The average Bonchev–Trinajstić information content (AvgIpc) is 3.30. The van der Waals surface area contributed by atoms with Crippen molar-refractivity contribution in [3.05, 3.63) is 109 Å². The minimum absolute atomic E-state index is 0.0893.